The van der Waals surface area contributed by atoms with Crippen LogP contribution in [0.25, 0.3) is 0 Å². The standard InChI is InChI=1S/C8H16O2S/c1-4-6(5-2)7(11-3)8(9)10/h6-7H,4-5H2,1-3H3,(H,9,10). The van der Waals surface area contributed by atoms with Gasteiger partial charge in [0.2, 0.25) is 0 Å². The number of carboxylic acids is 1. The van der Waals surface area contributed by atoms with Gasteiger partial charge in [-0.3, -0.25) is 4.79 Å². The molecule has 0 saturated carbocycles. The molecule has 0 aliphatic carbocycles. The number of carboxylic acid groups (broad SMARTS) is 1. The highest BCUT2D eigenvalue weighted by Gasteiger charge is 2.23. The van der Waals surface area contributed by atoms with Crippen LogP contribution in [0, 0.1) is 5.92 Å². The van der Waals surface area contributed by atoms with E-state index in [0.29, 0.717) is 5.92 Å². The first-order chi connectivity index (χ1) is 5.17. The van der Waals surface area contributed by atoms with Gasteiger partial charge in [0, 0.05) is 0 Å². The molecule has 0 spiro atoms. The Balaban J connectivity index is 4.09. The number of aliphatic carboxylic acids is 1. The molecule has 0 saturated heterocycles. The molecule has 66 valence electrons. The van der Waals surface area contributed by atoms with Crippen molar-refractivity contribution in [2.75, 3.05) is 6.26 Å². The predicted molar refractivity (Wildman–Crippen MR) is 49.0 cm³/mol. The predicted octanol–water partition coefficient (Wildman–Crippen LogP) is 2.24. The van der Waals surface area contributed by atoms with Gasteiger partial charge in [0.05, 0.1) is 0 Å². The Morgan fingerprint density at radius 2 is 1.91 bits per heavy atom. The molecule has 3 heteroatoms. The summed E-state index contributed by atoms with van der Waals surface area (Å²) in [5, 5.41) is 8.57. The molecule has 0 bridgehead atoms. The quantitative estimate of drug-likeness (QED) is 0.698. The van der Waals surface area contributed by atoms with Crippen LogP contribution in [0.1, 0.15) is 26.7 Å². The van der Waals surface area contributed by atoms with Gasteiger partial charge in [-0.15, -0.1) is 11.8 Å². The normalized spacial score (nSPS) is 13.5. The minimum atomic E-state index is -0.675. The molecule has 11 heavy (non-hydrogen) atoms. The van der Waals surface area contributed by atoms with E-state index in [9.17, 15) is 4.79 Å². The number of hydrogen-bond donors (Lipinski definition) is 1. The Bertz CT molecular complexity index is 121. The maximum atomic E-state index is 10.7. The average Bonchev–Trinajstić information content (AvgIpc) is 1.99. The minimum Gasteiger partial charge on any atom is -0.480 e. The number of thioether (sulfide) groups is 1. The Labute approximate surface area is 72.4 Å². The second-order valence-electron chi connectivity index (χ2n) is 2.57. The van der Waals surface area contributed by atoms with E-state index in [-0.39, 0.29) is 5.25 Å². The van der Waals surface area contributed by atoms with Crippen LogP contribution in [0.15, 0.2) is 0 Å². The maximum absolute atomic E-state index is 10.7. The first kappa shape index (κ1) is 10.8. The number of rotatable bonds is 5. The molecule has 0 aromatic rings. The average molecular weight is 176 g/mol. The van der Waals surface area contributed by atoms with Gasteiger partial charge in [-0.1, -0.05) is 26.7 Å². The summed E-state index contributed by atoms with van der Waals surface area (Å²) < 4.78 is 0. The molecule has 1 N–H and O–H groups in total. The first-order valence-corrected chi connectivity index (χ1v) is 5.21. The summed E-state index contributed by atoms with van der Waals surface area (Å²) in [7, 11) is 0. The molecule has 0 aliphatic heterocycles. The van der Waals surface area contributed by atoms with E-state index in [1.807, 2.05) is 20.1 Å². The van der Waals surface area contributed by atoms with E-state index in [2.05, 4.69) is 0 Å². The summed E-state index contributed by atoms with van der Waals surface area (Å²) in [4.78, 5) is 10.7. The van der Waals surface area contributed by atoms with Gasteiger partial charge < -0.3 is 5.11 Å². The van der Waals surface area contributed by atoms with Crippen molar-refractivity contribution in [1.29, 1.82) is 0 Å². The molecule has 0 radical (unpaired) electrons. The summed E-state index contributed by atoms with van der Waals surface area (Å²) in [5.41, 5.74) is 0. The molecule has 1 atom stereocenters. The summed E-state index contributed by atoms with van der Waals surface area (Å²) in [6, 6.07) is 0. The van der Waals surface area contributed by atoms with Gasteiger partial charge in [-0.2, -0.15) is 0 Å². The van der Waals surface area contributed by atoms with Crippen LogP contribution >= 0.6 is 11.8 Å². The zero-order valence-electron chi connectivity index (χ0n) is 7.33. The summed E-state index contributed by atoms with van der Waals surface area (Å²) in [6.07, 6.45) is 3.76. The Hall–Kier alpha value is -0.180. The monoisotopic (exact) mass is 176 g/mol. The van der Waals surface area contributed by atoms with Crippen LogP contribution in [0.2, 0.25) is 0 Å². The van der Waals surface area contributed by atoms with E-state index in [0.717, 1.165) is 12.8 Å². The van der Waals surface area contributed by atoms with E-state index in [1.165, 1.54) is 11.8 Å². The second kappa shape index (κ2) is 5.47. The van der Waals surface area contributed by atoms with Crippen molar-refractivity contribution in [3.05, 3.63) is 0 Å². The fourth-order valence-electron chi connectivity index (χ4n) is 1.21. The lowest BCUT2D eigenvalue weighted by Gasteiger charge is -2.18. The lowest BCUT2D eigenvalue weighted by Crippen LogP contribution is -2.25. The van der Waals surface area contributed by atoms with E-state index >= 15 is 0 Å². The summed E-state index contributed by atoms with van der Waals surface area (Å²) in [6.45, 7) is 4.08. The van der Waals surface area contributed by atoms with Crippen LogP contribution in [-0.2, 0) is 4.79 Å². The molecule has 0 aromatic heterocycles. The zero-order chi connectivity index (χ0) is 8.85. The number of hydrogen-bond acceptors (Lipinski definition) is 2. The van der Waals surface area contributed by atoms with Crippen molar-refractivity contribution < 1.29 is 9.90 Å². The molecular formula is C8H16O2S. The van der Waals surface area contributed by atoms with Gasteiger partial charge >= 0.3 is 5.97 Å². The first-order valence-electron chi connectivity index (χ1n) is 3.92. The zero-order valence-corrected chi connectivity index (χ0v) is 8.15. The molecule has 0 heterocycles. The van der Waals surface area contributed by atoms with Crippen LogP contribution in [0.5, 0.6) is 0 Å². The highest BCUT2D eigenvalue weighted by Crippen LogP contribution is 2.23. The van der Waals surface area contributed by atoms with E-state index in [4.69, 9.17) is 5.11 Å². The largest absolute Gasteiger partial charge is 0.480 e. The van der Waals surface area contributed by atoms with Gasteiger partial charge in [-0.25, -0.2) is 0 Å². The molecule has 0 aromatic carbocycles. The fraction of sp³-hybridized carbons (Fsp3) is 0.875. The topological polar surface area (TPSA) is 37.3 Å². The van der Waals surface area contributed by atoms with Crippen molar-refractivity contribution in [2.24, 2.45) is 5.92 Å². The van der Waals surface area contributed by atoms with Crippen LogP contribution in [0.4, 0.5) is 0 Å². The highest BCUT2D eigenvalue weighted by atomic mass is 32.2. The summed E-state index contributed by atoms with van der Waals surface area (Å²) in [5.74, 6) is -0.353. The van der Waals surface area contributed by atoms with E-state index < -0.39 is 5.97 Å². The van der Waals surface area contributed by atoms with Crippen molar-refractivity contribution in [3.63, 3.8) is 0 Å². The second-order valence-corrected chi connectivity index (χ2v) is 3.55. The molecule has 2 nitrogen and oxygen atoms in total. The van der Waals surface area contributed by atoms with E-state index in [1.54, 1.807) is 0 Å². The number of carbonyl (C=O) groups is 1. The Morgan fingerprint density at radius 3 is 2.00 bits per heavy atom. The fourth-order valence-corrected chi connectivity index (χ4v) is 2.18. The Morgan fingerprint density at radius 1 is 1.45 bits per heavy atom. The molecule has 0 fully saturated rings. The Kier molecular flexibility index (Phi) is 5.38. The maximum Gasteiger partial charge on any atom is 0.316 e. The van der Waals surface area contributed by atoms with Gasteiger partial charge in [0.25, 0.3) is 0 Å². The van der Waals surface area contributed by atoms with Gasteiger partial charge in [-0.05, 0) is 12.2 Å². The molecule has 0 amide bonds. The summed E-state index contributed by atoms with van der Waals surface area (Å²) >= 11 is 1.44. The van der Waals surface area contributed by atoms with Crippen molar-refractivity contribution in [1.82, 2.24) is 0 Å². The third kappa shape index (κ3) is 3.14. The van der Waals surface area contributed by atoms with Gasteiger partial charge in [0.15, 0.2) is 0 Å². The van der Waals surface area contributed by atoms with Crippen molar-refractivity contribution >= 4 is 17.7 Å². The third-order valence-electron chi connectivity index (χ3n) is 1.97. The van der Waals surface area contributed by atoms with Crippen LogP contribution in [0.3, 0.4) is 0 Å². The smallest absolute Gasteiger partial charge is 0.316 e. The third-order valence-corrected chi connectivity index (χ3v) is 3.07. The molecule has 1 unspecified atom stereocenters. The molecule has 0 rings (SSSR count). The lowest BCUT2D eigenvalue weighted by molar-refractivity contribution is -0.137. The molecular weight excluding hydrogens is 160 g/mol. The lowest BCUT2D eigenvalue weighted by atomic mass is 9.99. The van der Waals surface area contributed by atoms with Crippen molar-refractivity contribution in [3.8, 4) is 0 Å². The molecule has 0 aliphatic rings. The van der Waals surface area contributed by atoms with Crippen molar-refractivity contribution in [2.45, 2.75) is 31.9 Å². The SMILES string of the molecule is CCC(CC)C(SC)C(=O)O. The highest BCUT2D eigenvalue weighted by molar-refractivity contribution is 7.99. The van der Waals surface area contributed by atoms with Crippen LogP contribution in [-0.4, -0.2) is 22.6 Å². The minimum absolute atomic E-state index is 0.218. The van der Waals surface area contributed by atoms with Crippen LogP contribution < -0.4 is 0 Å². The van der Waals surface area contributed by atoms with Gasteiger partial charge in [0.1, 0.15) is 5.25 Å².